The van der Waals surface area contributed by atoms with Crippen molar-refractivity contribution < 1.29 is 4.79 Å². The standard InChI is InChI=1S/C20H25NO/c1-19(2,3)15-11-12-17(20(4,5)21)16(13-15)18(22)14-9-7-6-8-10-14/h6-13H,21H2,1-5H3. The zero-order chi connectivity index (χ0) is 16.5. The number of hydrogen-bond donors (Lipinski definition) is 1. The van der Waals surface area contributed by atoms with Crippen molar-refractivity contribution in [1.29, 1.82) is 0 Å². The predicted molar refractivity (Wildman–Crippen MR) is 92.2 cm³/mol. The highest BCUT2D eigenvalue weighted by Crippen LogP contribution is 2.30. The summed E-state index contributed by atoms with van der Waals surface area (Å²) in [7, 11) is 0. The molecule has 0 fully saturated rings. The Morgan fingerprint density at radius 2 is 1.50 bits per heavy atom. The number of ketones is 1. The Bertz CT molecular complexity index is 673. The third-order valence-electron chi connectivity index (χ3n) is 3.86. The molecule has 0 bridgehead atoms. The lowest BCUT2D eigenvalue weighted by atomic mass is 9.81. The van der Waals surface area contributed by atoms with Gasteiger partial charge in [-0.05, 0) is 36.5 Å². The van der Waals surface area contributed by atoms with Gasteiger partial charge in [0.15, 0.2) is 5.78 Å². The van der Waals surface area contributed by atoms with Crippen molar-refractivity contribution in [2.45, 2.75) is 45.6 Å². The molecule has 2 heteroatoms. The first kappa shape index (κ1) is 16.4. The third kappa shape index (κ3) is 3.45. The molecule has 2 aromatic carbocycles. The average molecular weight is 295 g/mol. The van der Waals surface area contributed by atoms with Gasteiger partial charge in [-0.3, -0.25) is 4.79 Å². The molecule has 116 valence electrons. The van der Waals surface area contributed by atoms with E-state index in [1.807, 2.05) is 56.3 Å². The van der Waals surface area contributed by atoms with E-state index in [4.69, 9.17) is 5.73 Å². The maximum atomic E-state index is 12.9. The second-order valence-corrected chi connectivity index (χ2v) is 7.43. The van der Waals surface area contributed by atoms with Gasteiger partial charge in [0.1, 0.15) is 0 Å². The minimum atomic E-state index is -0.559. The fraction of sp³-hybridized carbons (Fsp3) is 0.350. The van der Waals surface area contributed by atoms with Crippen LogP contribution in [0.15, 0.2) is 48.5 Å². The highest BCUT2D eigenvalue weighted by Gasteiger charge is 2.25. The van der Waals surface area contributed by atoms with E-state index in [9.17, 15) is 4.79 Å². The zero-order valence-electron chi connectivity index (χ0n) is 14.1. The normalized spacial score (nSPS) is 12.3. The molecule has 0 aliphatic heterocycles. The van der Waals surface area contributed by atoms with Crippen molar-refractivity contribution in [3.8, 4) is 0 Å². The summed E-state index contributed by atoms with van der Waals surface area (Å²) < 4.78 is 0. The van der Waals surface area contributed by atoms with Crippen LogP contribution in [0.3, 0.4) is 0 Å². The molecule has 0 atom stereocenters. The molecule has 0 radical (unpaired) electrons. The summed E-state index contributed by atoms with van der Waals surface area (Å²) in [4.78, 5) is 12.9. The van der Waals surface area contributed by atoms with Crippen molar-refractivity contribution in [2.75, 3.05) is 0 Å². The SMILES string of the molecule is CC(C)(C)c1ccc(C(C)(C)N)c(C(=O)c2ccccc2)c1. The lowest BCUT2D eigenvalue weighted by Crippen LogP contribution is -2.31. The Kier molecular flexibility index (Phi) is 4.25. The Hall–Kier alpha value is -1.93. The van der Waals surface area contributed by atoms with E-state index >= 15 is 0 Å². The molecule has 0 saturated heterocycles. The van der Waals surface area contributed by atoms with Crippen LogP contribution in [-0.2, 0) is 11.0 Å². The van der Waals surface area contributed by atoms with Crippen LogP contribution in [0.1, 0.15) is 61.7 Å². The van der Waals surface area contributed by atoms with E-state index in [0.717, 1.165) is 11.1 Å². The van der Waals surface area contributed by atoms with Gasteiger partial charge in [0.05, 0.1) is 0 Å². The van der Waals surface area contributed by atoms with Gasteiger partial charge >= 0.3 is 0 Å². The van der Waals surface area contributed by atoms with E-state index in [0.29, 0.717) is 11.1 Å². The molecule has 2 N–H and O–H groups in total. The number of rotatable bonds is 3. The van der Waals surface area contributed by atoms with E-state index in [1.165, 1.54) is 0 Å². The van der Waals surface area contributed by atoms with E-state index in [1.54, 1.807) is 0 Å². The second kappa shape index (κ2) is 5.69. The minimum Gasteiger partial charge on any atom is -0.322 e. The zero-order valence-corrected chi connectivity index (χ0v) is 14.1. The van der Waals surface area contributed by atoms with Gasteiger partial charge in [0.2, 0.25) is 0 Å². The first-order valence-corrected chi connectivity index (χ1v) is 7.64. The Morgan fingerprint density at radius 1 is 0.909 bits per heavy atom. The summed E-state index contributed by atoms with van der Waals surface area (Å²) in [6.45, 7) is 10.3. The van der Waals surface area contributed by atoms with E-state index in [-0.39, 0.29) is 11.2 Å². The smallest absolute Gasteiger partial charge is 0.193 e. The van der Waals surface area contributed by atoms with Gasteiger partial charge < -0.3 is 5.73 Å². The van der Waals surface area contributed by atoms with E-state index < -0.39 is 5.54 Å². The molecule has 0 saturated carbocycles. The maximum absolute atomic E-state index is 12.9. The molecule has 0 unspecified atom stereocenters. The lowest BCUT2D eigenvalue weighted by molar-refractivity contribution is 0.103. The van der Waals surface area contributed by atoms with Crippen molar-refractivity contribution in [3.63, 3.8) is 0 Å². The molecule has 0 spiro atoms. The highest BCUT2D eigenvalue weighted by atomic mass is 16.1. The molecule has 22 heavy (non-hydrogen) atoms. The van der Waals surface area contributed by atoms with Crippen LogP contribution in [-0.4, -0.2) is 5.78 Å². The van der Waals surface area contributed by atoms with Crippen molar-refractivity contribution in [3.05, 3.63) is 70.8 Å². The van der Waals surface area contributed by atoms with Gasteiger partial charge in [0, 0.05) is 16.7 Å². The Labute approximate surface area is 133 Å². The predicted octanol–water partition coefficient (Wildman–Crippen LogP) is 4.41. The summed E-state index contributed by atoms with van der Waals surface area (Å²) in [5, 5.41) is 0. The number of benzene rings is 2. The van der Waals surface area contributed by atoms with Gasteiger partial charge in [-0.1, -0.05) is 63.2 Å². The summed E-state index contributed by atoms with van der Waals surface area (Å²) in [6.07, 6.45) is 0. The van der Waals surface area contributed by atoms with Crippen molar-refractivity contribution >= 4 is 5.78 Å². The molecule has 0 aliphatic rings. The van der Waals surface area contributed by atoms with Crippen LogP contribution in [0, 0.1) is 0 Å². The quantitative estimate of drug-likeness (QED) is 0.852. The lowest BCUT2D eigenvalue weighted by Gasteiger charge is -2.26. The summed E-state index contributed by atoms with van der Waals surface area (Å²) in [5.74, 6) is 0.0280. The van der Waals surface area contributed by atoms with Crippen LogP contribution in [0.5, 0.6) is 0 Å². The fourth-order valence-corrected chi connectivity index (χ4v) is 2.51. The molecule has 0 aliphatic carbocycles. The largest absolute Gasteiger partial charge is 0.322 e. The fourth-order valence-electron chi connectivity index (χ4n) is 2.51. The maximum Gasteiger partial charge on any atom is 0.193 e. The topological polar surface area (TPSA) is 43.1 Å². The molecular weight excluding hydrogens is 270 g/mol. The molecule has 0 heterocycles. The van der Waals surface area contributed by atoms with Crippen LogP contribution >= 0.6 is 0 Å². The third-order valence-corrected chi connectivity index (χ3v) is 3.86. The minimum absolute atomic E-state index is 0.0109. The number of carbonyl (C=O) groups is 1. The van der Waals surface area contributed by atoms with Gasteiger partial charge in [-0.15, -0.1) is 0 Å². The molecular formula is C20H25NO. The summed E-state index contributed by atoms with van der Waals surface area (Å²) in [6, 6.07) is 15.4. The number of hydrogen-bond acceptors (Lipinski definition) is 2. The second-order valence-electron chi connectivity index (χ2n) is 7.43. The van der Waals surface area contributed by atoms with Crippen LogP contribution in [0.2, 0.25) is 0 Å². The monoisotopic (exact) mass is 295 g/mol. The highest BCUT2D eigenvalue weighted by molar-refractivity contribution is 6.10. The van der Waals surface area contributed by atoms with Gasteiger partial charge in [-0.25, -0.2) is 0 Å². The van der Waals surface area contributed by atoms with E-state index in [2.05, 4.69) is 26.8 Å². The molecule has 2 aromatic rings. The van der Waals surface area contributed by atoms with Crippen LogP contribution in [0.4, 0.5) is 0 Å². The van der Waals surface area contributed by atoms with Crippen LogP contribution < -0.4 is 5.73 Å². The first-order chi connectivity index (χ1) is 10.1. The summed E-state index contributed by atoms with van der Waals surface area (Å²) in [5.41, 5.74) is 9.13. The van der Waals surface area contributed by atoms with Gasteiger partial charge in [0.25, 0.3) is 0 Å². The van der Waals surface area contributed by atoms with Gasteiger partial charge in [-0.2, -0.15) is 0 Å². The molecule has 2 nitrogen and oxygen atoms in total. The molecule has 2 rings (SSSR count). The summed E-state index contributed by atoms with van der Waals surface area (Å²) >= 11 is 0. The Balaban J connectivity index is 2.63. The van der Waals surface area contributed by atoms with Crippen LogP contribution in [0.25, 0.3) is 0 Å². The van der Waals surface area contributed by atoms with Crippen molar-refractivity contribution in [1.82, 2.24) is 0 Å². The molecule has 0 aromatic heterocycles. The number of nitrogens with two attached hydrogens (primary N) is 1. The first-order valence-electron chi connectivity index (χ1n) is 7.64. The molecule has 0 amide bonds. The average Bonchev–Trinajstić information content (AvgIpc) is 2.45. The number of carbonyl (C=O) groups excluding carboxylic acids is 1. The Morgan fingerprint density at radius 3 is 2.00 bits per heavy atom. The van der Waals surface area contributed by atoms with Crippen molar-refractivity contribution in [2.24, 2.45) is 5.73 Å².